The summed E-state index contributed by atoms with van der Waals surface area (Å²) in [4.78, 5) is 0. The highest BCUT2D eigenvalue weighted by Gasteiger charge is 2.14. The summed E-state index contributed by atoms with van der Waals surface area (Å²) in [6.45, 7) is 6.59. The van der Waals surface area contributed by atoms with E-state index in [0.717, 1.165) is 44.8 Å². The van der Waals surface area contributed by atoms with Crippen molar-refractivity contribution in [2.75, 3.05) is 5.73 Å². The van der Waals surface area contributed by atoms with Crippen LogP contribution < -0.4 is 10.5 Å². The van der Waals surface area contributed by atoms with Crippen molar-refractivity contribution in [1.82, 2.24) is 9.78 Å². The number of halogens is 1. The molecule has 0 spiro atoms. The van der Waals surface area contributed by atoms with E-state index in [2.05, 4.69) is 28.0 Å². The van der Waals surface area contributed by atoms with E-state index in [-0.39, 0.29) is 0 Å². The molecule has 1 heterocycles. The smallest absolute Gasteiger partial charge is 0.131 e. The lowest BCUT2D eigenvalue weighted by Gasteiger charge is -2.13. The number of aryl methyl sites for hydroxylation is 4. The summed E-state index contributed by atoms with van der Waals surface area (Å²) >= 11 is 3.60. The van der Waals surface area contributed by atoms with Crippen LogP contribution in [0.15, 0.2) is 16.6 Å². The molecule has 0 aliphatic heterocycles. The minimum atomic E-state index is 0.482. The third kappa shape index (κ3) is 2.82. The number of rotatable bonds is 4. The average Bonchev–Trinajstić information content (AvgIpc) is 2.64. The van der Waals surface area contributed by atoms with Crippen LogP contribution in [0, 0.1) is 13.8 Å². The van der Waals surface area contributed by atoms with E-state index < -0.39 is 0 Å². The number of nitrogens with two attached hydrogens (primary N) is 1. The van der Waals surface area contributed by atoms with Crippen molar-refractivity contribution < 1.29 is 4.74 Å². The van der Waals surface area contributed by atoms with Gasteiger partial charge in [0.25, 0.3) is 0 Å². The van der Waals surface area contributed by atoms with Crippen molar-refractivity contribution in [2.24, 2.45) is 7.05 Å². The highest BCUT2D eigenvalue weighted by Crippen LogP contribution is 2.28. The Labute approximate surface area is 128 Å². The molecule has 2 aromatic rings. The van der Waals surface area contributed by atoms with Crippen LogP contribution in [0.1, 0.15) is 29.4 Å². The summed E-state index contributed by atoms with van der Waals surface area (Å²) in [6.07, 6.45) is 0.897. The SMILES string of the molecule is CCc1nn(C)c(COc2c(C)cc(N)cc2C)c1Br. The second-order valence-electron chi connectivity index (χ2n) is 4.96. The summed E-state index contributed by atoms with van der Waals surface area (Å²) in [6, 6.07) is 3.86. The molecule has 0 saturated heterocycles. The van der Waals surface area contributed by atoms with Crippen molar-refractivity contribution in [3.05, 3.63) is 39.1 Å². The molecular formula is C15H20BrN3O. The molecule has 0 radical (unpaired) electrons. The van der Waals surface area contributed by atoms with Gasteiger partial charge in [-0.1, -0.05) is 6.92 Å². The summed E-state index contributed by atoms with van der Waals surface area (Å²) in [7, 11) is 1.94. The topological polar surface area (TPSA) is 53.1 Å². The zero-order valence-corrected chi connectivity index (χ0v) is 13.9. The number of hydrogen-bond acceptors (Lipinski definition) is 3. The highest BCUT2D eigenvalue weighted by molar-refractivity contribution is 9.10. The van der Waals surface area contributed by atoms with Crippen molar-refractivity contribution in [3.8, 4) is 5.75 Å². The number of anilines is 1. The van der Waals surface area contributed by atoms with E-state index >= 15 is 0 Å². The molecule has 2 N–H and O–H groups in total. The van der Waals surface area contributed by atoms with Gasteiger partial charge >= 0.3 is 0 Å². The second-order valence-corrected chi connectivity index (χ2v) is 5.75. The number of nitrogen functional groups attached to an aromatic ring is 1. The minimum Gasteiger partial charge on any atom is -0.487 e. The molecule has 0 saturated carbocycles. The molecule has 4 nitrogen and oxygen atoms in total. The first-order valence-corrected chi connectivity index (χ1v) is 7.43. The molecule has 108 valence electrons. The standard InChI is InChI=1S/C15H20BrN3O/c1-5-12-14(16)13(19(4)18-12)8-20-15-9(2)6-11(17)7-10(15)3/h6-7H,5,8,17H2,1-4H3. The predicted molar refractivity (Wildman–Crippen MR) is 84.9 cm³/mol. The first kappa shape index (κ1) is 14.9. The number of benzene rings is 1. The van der Waals surface area contributed by atoms with Gasteiger partial charge in [0.1, 0.15) is 12.4 Å². The van der Waals surface area contributed by atoms with E-state index in [9.17, 15) is 0 Å². The summed E-state index contributed by atoms with van der Waals surface area (Å²) in [5.74, 6) is 0.894. The largest absolute Gasteiger partial charge is 0.487 e. The van der Waals surface area contributed by atoms with Crippen molar-refractivity contribution in [1.29, 1.82) is 0 Å². The number of hydrogen-bond donors (Lipinski definition) is 1. The van der Waals surface area contributed by atoms with Gasteiger partial charge in [-0.15, -0.1) is 0 Å². The zero-order chi connectivity index (χ0) is 14.9. The fourth-order valence-corrected chi connectivity index (χ4v) is 3.06. The molecule has 20 heavy (non-hydrogen) atoms. The minimum absolute atomic E-state index is 0.482. The fraction of sp³-hybridized carbons (Fsp3) is 0.400. The lowest BCUT2D eigenvalue weighted by atomic mass is 10.1. The van der Waals surface area contributed by atoms with Gasteiger partial charge in [-0.3, -0.25) is 4.68 Å². The quantitative estimate of drug-likeness (QED) is 0.868. The third-order valence-corrected chi connectivity index (χ3v) is 4.25. The van der Waals surface area contributed by atoms with E-state index in [1.54, 1.807) is 0 Å². The first-order valence-electron chi connectivity index (χ1n) is 6.63. The molecule has 0 amide bonds. The number of ether oxygens (including phenoxy) is 1. The maximum Gasteiger partial charge on any atom is 0.131 e. The Morgan fingerprint density at radius 2 is 1.90 bits per heavy atom. The monoisotopic (exact) mass is 337 g/mol. The Morgan fingerprint density at radius 1 is 1.30 bits per heavy atom. The van der Waals surface area contributed by atoms with Gasteiger partial charge in [-0.05, 0) is 59.5 Å². The van der Waals surface area contributed by atoms with Crippen molar-refractivity contribution in [3.63, 3.8) is 0 Å². The van der Waals surface area contributed by atoms with Crippen LogP contribution in [-0.4, -0.2) is 9.78 Å². The second kappa shape index (κ2) is 5.87. The summed E-state index contributed by atoms with van der Waals surface area (Å²) in [5, 5.41) is 4.47. The summed E-state index contributed by atoms with van der Waals surface area (Å²) in [5.41, 5.74) is 10.8. The third-order valence-electron chi connectivity index (χ3n) is 3.34. The van der Waals surface area contributed by atoms with Crippen LogP contribution in [0.2, 0.25) is 0 Å². The molecule has 0 atom stereocenters. The lowest BCUT2D eigenvalue weighted by molar-refractivity contribution is 0.290. The maximum absolute atomic E-state index is 5.98. The van der Waals surface area contributed by atoms with Crippen LogP contribution in [0.5, 0.6) is 5.75 Å². The van der Waals surface area contributed by atoms with E-state index in [0.29, 0.717) is 6.61 Å². The number of nitrogens with zero attached hydrogens (tertiary/aromatic N) is 2. The number of aromatic nitrogens is 2. The first-order chi connectivity index (χ1) is 9.43. The van der Waals surface area contributed by atoms with E-state index in [4.69, 9.17) is 10.5 Å². The molecule has 0 bridgehead atoms. The molecular weight excluding hydrogens is 318 g/mol. The van der Waals surface area contributed by atoms with Gasteiger partial charge in [-0.2, -0.15) is 5.10 Å². The molecule has 0 aliphatic carbocycles. The van der Waals surface area contributed by atoms with Gasteiger partial charge in [0.15, 0.2) is 0 Å². The van der Waals surface area contributed by atoms with Gasteiger partial charge < -0.3 is 10.5 Å². The van der Waals surface area contributed by atoms with E-state index in [1.807, 2.05) is 37.7 Å². The molecule has 0 fully saturated rings. The Balaban J connectivity index is 2.24. The van der Waals surface area contributed by atoms with Crippen LogP contribution in [0.4, 0.5) is 5.69 Å². The lowest BCUT2D eigenvalue weighted by Crippen LogP contribution is -2.05. The van der Waals surface area contributed by atoms with Crippen LogP contribution >= 0.6 is 15.9 Å². The molecule has 1 aromatic carbocycles. The van der Waals surface area contributed by atoms with Crippen molar-refractivity contribution >= 4 is 21.6 Å². The molecule has 0 unspecified atom stereocenters. The summed E-state index contributed by atoms with van der Waals surface area (Å²) < 4.78 is 8.88. The normalized spacial score (nSPS) is 10.8. The van der Waals surface area contributed by atoms with E-state index in [1.165, 1.54) is 0 Å². The van der Waals surface area contributed by atoms with Gasteiger partial charge in [-0.25, -0.2) is 0 Å². The van der Waals surface area contributed by atoms with Crippen molar-refractivity contribution in [2.45, 2.75) is 33.8 Å². The molecule has 2 rings (SSSR count). The predicted octanol–water partition coefficient (Wildman–Crippen LogP) is 3.52. The van der Waals surface area contributed by atoms with Gasteiger partial charge in [0.2, 0.25) is 0 Å². The fourth-order valence-electron chi connectivity index (χ4n) is 2.33. The Hall–Kier alpha value is -1.49. The van der Waals surface area contributed by atoms with Crippen LogP contribution in [-0.2, 0) is 20.1 Å². The Bertz CT molecular complexity index is 611. The average molecular weight is 338 g/mol. The highest BCUT2D eigenvalue weighted by atomic mass is 79.9. The molecule has 0 aliphatic rings. The maximum atomic E-state index is 5.98. The molecule has 1 aromatic heterocycles. The Morgan fingerprint density at radius 3 is 2.40 bits per heavy atom. The van der Waals surface area contributed by atoms with Gasteiger partial charge in [0, 0.05) is 12.7 Å². The Kier molecular flexibility index (Phi) is 4.38. The zero-order valence-electron chi connectivity index (χ0n) is 12.3. The van der Waals surface area contributed by atoms with Crippen LogP contribution in [0.3, 0.4) is 0 Å². The van der Waals surface area contributed by atoms with Crippen LogP contribution in [0.25, 0.3) is 0 Å². The molecule has 5 heteroatoms. The van der Waals surface area contributed by atoms with Gasteiger partial charge in [0.05, 0.1) is 15.9 Å².